The van der Waals surface area contributed by atoms with Crippen molar-refractivity contribution in [2.75, 3.05) is 29.7 Å². The van der Waals surface area contributed by atoms with Crippen molar-refractivity contribution in [1.82, 2.24) is 14.9 Å². The molecule has 0 aliphatic rings. The van der Waals surface area contributed by atoms with E-state index in [0.29, 0.717) is 44.1 Å². The lowest BCUT2D eigenvalue weighted by Crippen LogP contribution is -2.49. The molecule has 0 saturated heterocycles. The second kappa shape index (κ2) is 16.8. The SMILES string of the molecule is CC(C)C[C@H](NC(=O)[C@@H](N)CCc1nc2cc(N(CCCl)CCCl)ccc2n1-c1ccccc1)C(=O)O.Cl.Cl. The van der Waals surface area contributed by atoms with Gasteiger partial charge in [-0.3, -0.25) is 9.36 Å². The molecule has 0 aliphatic heterocycles. The first-order valence-corrected chi connectivity index (χ1v) is 13.5. The molecule has 39 heavy (non-hydrogen) atoms. The number of alkyl halides is 2. The summed E-state index contributed by atoms with van der Waals surface area (Å²) in [6.07, 6.45) is 1.08. The van der Waals surface area contributed by atoms with E-state index in [1.54, 1.807) is 0 Å². The number of hydrogen-bond acceptors (Lipinski definition) is 5. The largest absolute Gasteiger partial charge is 0.480 e. The minimum absolute atomic E-state index is 0. The Morgan fingerprint density at radius 2 is 1.72 bits per heavy atom. The summed E-state index contributed by atoms with van der Waals surface area (Å²) in [5.74, 6) is 0.318. The molecule has 3 rings (SSSR count). The summed E-state index contributed by atoms with van der Waals surface area (Å²) in [7, 11) is 0. The van der Waals surface area contributed by atoms with Crippen molar-refractivity contribution in [3.8, 4) is 5.69 Å². The highest BCUT2D eigenvalue weighted by molar-refractivity contribution is 6.18. The van der Waals surface area contributed by atoms with Crippen molar-refractivity contribution in [2.45, 2.75) is 45.2 Å². The number of nitrogens with one attached hydrogen (secondary N) is 1. The van der Waals surface area contributed by atoms with Gasteiger partial charge in [0.2, 0.25) is 5.91 Å². The van der Waals surface area contributed by atoms with E-state index in [1.165, 1.54) is 0 Å². The molecule has 0 radical (unpaired) electrons. The number of rotatable bonds is 14. The van der Waals surface area contributed by atoms with Crippen molar-refractivity contribution in [1.29, 1.82) is 0 Å². The highest BCUT2D eigenvalue weighted by Crippen LogP contribution is 2.27. The molecule has 0 saturated carbocycles. The Morgan fingerprint density at radius 3 is 2.28 bits per heavy atom. The minimum atomic E-state index is -1.06. The lowest BCUT2D eigenvalue weighted by Gasteiger charge is -2.22. The van der Waals surface area contributed by atoms with Gasteiger partial charge in [0.05, 0.1) is 17.1 Å². The number of aromatic nitrogens is 2. The summed E-state index contributed by atoms with van der Waals surface area (Å²) in [6, 6.07) is 14.1. The number of nitrogens with two attached hydrogens (primary N) is 1. The molecule has 0 unspecified atom stereocenters. The quantitative estimate of drug-likeness (QED) is 0.218. The Bertz CT molecular complexity index is 1190. The Kier molecular flexibility index (Phi) is 15.0. The van der Waals surface area contributed by atoms with Gasteiger partial charge in [0, 0.05) is 42.6 Å². The molecule has 4 N–H and O–H groups in total. The Labute approximate surface area is 252 Å². The van der Waals surface area contributed by atoms with Gasteiger partial charge in [-0.15, -0.1) is 48.0 Å². The van der Waals surface area contributed by atoms with Crippen LogP contribution < -0.4 is 16.0 Å². The number of aliphatic carboxylic acids is 1. The van der Waals surface area contributed by atoms with Crippen LogP contribution in [-0.4, -0.2) is 63.5 Å². The molecular weight excluding hydrogens is 584 g/mol. The van der Waals surface area contributed by atoms with E-state index in [-0.39, 0.29) is 30.7 Å². The third-order valence-corrected chi connectivity index (χ3v) is 6.47. The van der Waals surface area contributed by atoms with Gasteiger partial charge in [0.1, 0.15) is 11.9 Å². The van der Waals surface area contributed by atoms with Crippen molar-refractivity contribution in [3.05, 3.63) is 54.4 Å². The fraction of sp³-hybridized carbons (Fsp3) is 0.444. The molecule has 3 aromatic rings. The average molecular weight is 621 g/mol. The minimum Gasteiger partial charge on any atom is -0.480 e. The van der Waals surface area contributed by atoms with Crippen LogP contribution in [0.5, 0.6) is 0 Å². The summed E-state index contributed by atoms with van der Waals surface area (Å²) in [5, 5.41) is 12.0. The van der Waals surface area contributed by atoms with Gasteiger partial charge in [-0.25, -0.2) is 9.78 Å². The number of carboxylic acid groups (broad SMARTS) is 1. The molecular formula is C27H37Cl4N5O3. The number of anilines is 1. The highest BCUT2D eigenvalue weighted by atomic mass is 35.5. The maximum atomic E-state index is 12.7. The molecule has 0 fully saturated rings. The summed E-state index contributed by atoms with van der Waals surface area (Å²) < 4.78 is 2.07. The number of aryl methyl sites for hydroxylation is 1. The van der Waals surface area contributed by atoms with E-state index < -0.39 is 24.0 Å². The second-order valence-electron chi connectivity index (χ2n) is 9.41. The lowest BCUT2D eigenvalue weighted by atomic mass is 10.0. The van der Waals surface area contributed by atoms with Gasteiger partial charge >= 0.3 is 5.97 Å². The fourth-order valence-electron chi connectivity index (χ4n) is 4.31. The van der Waals surface area contributed by atoms with Crippen LogP contribution >= 0.6 is 48.0 Å². The molecule has 0 spiro atoms. The predicted molar refractivity (Wildman–Crippen MR) is 165 cm³/mol. The van der Waals surface area contributed by atoms with Crippen LogP contribution in [0.15, 0.2) is 48.5 Å². The zero-order valence-electron chi connectivity index (χ0n) is 22.1. The third-order valence-electron chi connectivity index (χ3n) is 6.13. The standard InChI is InChI=1S/C27H35Cl2N5O3.2ClH/c1-18(2)16-23(27(36)37)32-26(35)21(30)9-11-25-31-22-17-20(33(14-12-28)15-13-29)8-10-24(22)34(25)19-6-4-3-5-7-19;;/h3-8,10,17-18,21,23H,9,11-16,30H2,1-2H3,(H,32,35)(H,36,37);2*1H/t21-,23-;;/m0../s1. The number of carbonyl (C=O) groups excluding carboxylic acids is 1. The van der Waals surface area contributed by atoms with E-state index in [0.717, 1.165) is 28.2 Å². The van der Waals surface area contributed by atoms with Gasteiger partial charge in [-0.1, -0.05) is 32.0 Å². The van der Waals surface area contributed by atoms with Crippen LogP contribution in [0.2, 0.25) is 0 Å². The molecule has 1 aromatic heterocycles. The van der Waals surface area contributed by atoms with Gasteiger partial charge in [-0.2, -0.15) is 0 Å². The van der Waals surface area contributed by atoms with Gasteiger partial charge < -0.3 is 21.1 Å². The van der Waals surface area contributed by atoms with Crippen LogP contribution in [0, 0.1) is 5.92 Å². The van der Waals surface area contributed by atoms with E-state index >= 15 is 0 Å². The van der Waals surface area contributed by atoms with Crippen molar-refractivity contribution >= 4 is 76.6 Å². The van der Waals surface area contributed by atoms with E-state index in [2.05, 4.69) is 14.8 Å². The first-order chi connectivity index (χ1) is 17.7. The number of halogens is 4. The fourth-order valence-corrected chi connectivity index (χ4v) is 4.72. The summed E-state index contributed by atoms with van der Waals surface area (Å²) in [5.41, 5.74) is 9.86. The van der Waals surface area contributed by atoms with Crippen LogP contribution in [0.4, 0.5) is 5.69 Å². The molecule has 216 valence electrons. The maximum Gasteiger partial charge on any atom is 0.326 e. The number of carboxylic acids is 1. The van der Waals surface area contributed by atoms with Crippen LogP contribution in [0.25, 0.3) is 16.7 Å². The summed E-state index contributed by atoms with van der Waals surface area (Å²) in [6.45, 7) is 5.16. The van der Waals surface area contributed by atoms with Crippen molar-refractivity contribution in [2.24, 2.45) is 11.7 Å². The van der Waals surface area contributed by atoms with Crippen LogP contribution in [0.1, 0.15) is 32.5 Å². The first-order valence-electron chi connectivity index (χ1n) is 12.5. The highest BCUT2D eigenvalue weighted by Gasteiger charge is 2.25. The van der Waals surface area contributed by atoms with Gasteiger partial charge in [0.15, 0.2) is 0 Å². The predicted octanol–water partition coefficient (Wildman–Crippen LogP) is 5.03. The smallest absolute Gasteiger partial charge is 0.326 e. The normalized spacial score (nSPS) is 12.4. The Morgan fingerprint density at radius 1 is 1.08 bits per heavy atom. The molecule has 1 amide bonds. The van der Waals surface area contributed by atoms with Gasteiger partial charge in [-0.05, 0) is 49.1 Å². The number of nitrogens with zero attached hydrogens (tertiary/aromatic N) is 3. The number of carbonyl (C=O) groups is 2. The average Bonchev–Trinajstić information content (AvgIpc) is 3.24. The topological polar surface area (TPSA) is 113 Å². The number of hydrogen-bond donors (Lipinski definition) is 3. The monoisotopic (exact) mass is 619 g/mol. The van der Waals surface area contributed by atoms with Crippen molar-refractivity contribution in [3.63, 3.8) is 0 Å². The Balaban J connectivity index is 0.00000380. The second-order valence-corrected chi connectivity index (χ2v) is 10.2. The van der Waals surface area contributed by atoms with Gasteiger partial charge in [0.25, 0.3) is 0 Å². The van der Waals surface area contributed by atoms with Crippen LogP contribution in [-0.2, 0) is 16.0 Å². The molecule has 2 atom stereocenters. The number of para-hydroxylation sites is 1. The molecule has 8 nitrogen and oxygen atoms in total. The number of imidazole rings is 1. The van der Waals surface area contributed by atoms with E-state index in [1.807, 2.05) is 62.4 Å². The molecule has 12 heteroatoms. The summed E-state index contributed by atoms with van der Waals surface area (Å²) in [4.78, 5) is 31.2. The molecule has 0 bridgehead atoms. The first kappa shape index (κ1) is 34.8. The third kappa shape index (κ3) is 9.43. The van der Waals surface area contributed by atoms with E-state index in [9.17, 15) is 14.7 Å². The van der Waals surface area contributed by atoms with Crippen molar-refractivity contribution < 1.29 is 14.7 Å². The number of benzene rings is 2. The van der Waals surface area contributed by atoms with Crippen LogP contribution in [0.3, 0.4) is 0 Å². The zero-order valence-corrected chi connectivity index (χ0v) is 25.2. The molecule has 1 heterocycles. The number of amides is 1. The molecule has 2 aromatic carbocycles. The number of fused-ring (bicyclic) bond motifs is 1. The zero-order chi connectivity index (χ0) is 26.9. The Hall–Kier alpha value is -2.23. The maximum absolute atomic E-state index is 12.7. The van der Waals surface area contributed by atoms with E-state index in [4.69, 9.17) is 33.9 Å². The molecule has 0 aliphatic carbocycles. The summed E-state index contributed by atoms with van der Waals surface area (Å²) >= 11 is 12.0. The lowest BCUT2D eigenvalue weighted by molar-refractivity contribution is -0.142.